The first-order valence-electron chi connectivity index (χ1n) is 11.8. The van der Waals surface area contributed by atoms with Crippen molar-refractivity contribution in [3.8, 4) is 5.75 Å². The summed E-state index contributed by atoms with van der Waals surface area (Å²) in [5.41, 5.74) is -0.468. The van der Waals surface area contributed by atoms with E-state index in [9.17, 15) is 27.9 Å². The van der Waals surface area contributed by atoms with E-state index in [1.54, 1.807) is 13.0 Å². The summed E-state index contributed by atoms with van der Waals surface area (Å²) in [6.07, 6.45) is -4.62. The predicted octanol–water partition coefficient (Wildman–Crippen LogP) is 3.05. The van der Waals surface area contributed by atoms with E-state index in [4.69, 9.17) is 28.2 Å². The molecule has 0 saturated carbocycles. The van der Waals surface area contributed by atoms with Gasteiger partial charge in [0.15, 0.2) is 5.75 Å². The Hall–Kier alpha value is -3.37. The first kappa shape index (κ1) is 28.6. The first-order chi connectivity index (χ1) is 18.1. The van der Waals surface area contributed by atoms with Crippen LogP contribution in [0.5, 0.6) is 5.75 Å². The van der Waals surface area contributed by atoms with Crippen molar-refractivity contribution in [2.75, 3.05) is 5.32 Å². The lowest BCUT2D eigenvalue weighted by Crippen LogP contribution is -2.39. The number of halogens is 5. The molecule has 0 aliphatic carbocycles. The number of aromatic nitrogens is 2. The second kappa shape index (κ2) is 10.3. The molecule has 0 saturated heterocycles. The minimum Gasteiger partial charge on any atom is -0.505 e. The van der Waals surface area contributed by atoms with Gasteiger partial charge in [0.25, 0.3) is 11.5 Å². The summed E-state index contributed by atoms with van der Waals surface area (Å²) in [6, 6.07) is 10.7. The molecule has 3 aromatic carbocycles. The Balaban J connectivity index is 1.93. The van der Waals surface area contributed by atoms with E-state index in [1.807, 2.05) is 23.5 Å². The summed E-state index contributed by atoms with van der Waals surface area (Å²) in [7, 11) is 5.43. The molecule has 0 spiro atoms. The van der Waals surface area contributed by atoms with Crippen molar-refractivity contribution in [3.63, 3.8) is 0 Å². The topological polar surface area (TPSA) is 84.2 Å². The number of carbonyl (C=O) groups is 1. The lowest BCUT2D eigenvalue weighted by molar-refractivity contribution is -0.138. The minimum atomic E-state index is -4.62. The molecule has 0 fully saturated rings. The second-order valence-corrected chi connectivity index (χ2v) is 10.9. The van der Waals surface area contributed by atoms with Crippen LogP contribution in [0.2, 0.25) is 10.0 Å². The van der Waals surface area contributed by atoms with Crippen molar-refractivity contribution in [2.45, 2.75) is 24.8 Å². The number of rotatable bonds is 5. The molecular weight excluding hydrogens is 551 g/mol. The van der Waals surface area contributed by atoms with E-state index < -0.39 is 28.3 Å². The molecule has 198 valence electrons. The maximum absolute atomic E-state index is 14.0. The molecule has 2 N–H and O–H groups in total. The largest absolute Gasteiger partial charge is 0.505 e. The van der Waals surface area contributed by atoms with Crippen LogP contribution in [0.25, 0.3) is 10.9 Å². The van der Waals surface area contributed by atoms with E-state index in [2.05, 4.69) is 5.32 Å². The van der Waals surface area contributed by atoms with E-state index >= 15 is 0 Å². The third-order valence-electron chi connectivity index (χ3n) is 6.16. The number of nitrogens with zero attached hydrogens (tertiary/aromatic N) is 2. The van der Waals surface area contributed by atoms with Gasteiger partial charge >= 0.3 is 6.18 Å². The quantitative estimate of drug-likeness (QED) is 0.361. The highest BCUT2D eigenvalue weighted by Crippen LogP contribution is 2.34. The lowest BCUT2D eigenvalue weighted by atomic mass is 9.42. The average Bonchev–Trinajstić information content (AvgIpc) is 2.84. The minimum absolute atomic E-state index is 0.0234. The van der Waals surface area contributed by atoms with Crippen molar-refractivity contribution in [1.29, 1.82) is 0 Å². The Bertz CT molecular complexity index is 1670. The Kier molecular flexibility index (Phi) is 7.57. The van der Waals surface area contributed by atoms with Crippen LogP contribution >= 0.6 is 23.2 Å². The highest BCUT2D eigenvalue weighted by molar-refractivity contribution is 6.58. The molecule has 0 radical (unpaired) electrons. The molecule has 6 nitrogen and oxygen atoms in total. The van der Waals surface area contributed by atoms with Gasteiger partial charge in [-0.15, -0.1) is 0 Å². The third kappa shape index (κ3) is 5.67. The van der Waals surface area contributed by atoms with Crippen LogP contribution in [0.4, 0.5) is 18.9 Å². The van der Waals surface area contributed by atoms with Gasteiger partial charge in [0.2, 0.25) is 0 Å². The zero-order valence-electron chi connectivity index (χ0n) is 21.4. The van der Waals surface area contributed by atoms with Gasteiger partial charge in [-0.2, -0.15) is 13.2 Å². The molecule has 39 heavy (non-hydrogen) atoms. The standard InChI is InChI=1S/C25H21B3Cl2F3N3O3/c1-11-6-7-17(34-21(38)13-8-15(29)20(37)16(30)9-13)18-19(11)35-23(24(26,27)28)36(22(18)39)10-12-4-2-3-5-14(12)25(31,32)33/h2-9,37H,10,26-28H2,1H3,(H,34,38). The van der Waals surface area contributed by atoms with Crippen molar-refractivity contribution >= 4 is 69.2 Å². The number of aryl methyl sites for hydroxylation is 1. The Morgan fingerprint density at radius 1 is 1.08 bits per heavy atom. The average molecular weight is 572 g/mol. The second-order valence-electron chi connectivity index (χ2n) is 10.1. The summed E-state index contributed by atoms with van der Waals surface area (Å²) in [4.78, 5) is 31.8. The maximum Gasteiger partial charge on any atom is 0.416 e. The molecule has 1 heterocycles. The molecule has 14 heteroatoms. The Morgan fingerprint density at radius 3 is 2.28 bits per heavy atom. The first-order valence-corrected chi connectivity index (χ1v) is 12.5. The van der Waals surface area contributed by atoms with Gasteiger partial charge in [-0.05, 0) is 42.3 Å². The molecule has 0 unspecified atom stereocenters. The van der Waals surface area contributed by atoms with Crippen LogP contribution in [0.3, 0.4) is 0 Å². The predicted molar refractivity (Wildman–Crippen MR) is 155 cm³/mol. The molecule has 0 aliphatic heterocycles. The highest BCUT2D eigenvalue weighted by atomic mass is 35.5. The Labute approximate surface area is 234 Å². The molecule has 0 aliphatic rings. The summed E-state index contributed by atoms with van der Waals surface area (Å²) < 4.78 is 42.5. The fraction of sp³-hybridized carbons (Fsp3) is 0.160. The van der Waals surface area contributed by atoms with Crippen molar-refractivity contribution in [2.24, 2.45) is 0 Å². The number of fused-ring (bicyclic) bond motifs is 1. The van der Waals surface area contributed by atoms with Gasteiger partial charge in [-0.3, -0.25) is 14.2 Å². The summed E-state index contributed by atoms with van der Waals surface area (Å²) in [5.74, 6) is -0.755. The maximum atomic E-state index is 14.0. The smallest absolute Gasteiger partial charge is 0.416 e. The van der Waals surface area contributed by atoms with Gasteiger partial charge in [0.05, 0.1) is 68.1 Å². The van der Waals surface area contributed by atoms with Crippen LogP contribution < -0.4 is 10.9 Å². The fourth-order valence-corrected chi connectivity index (χ4v) is 4.76. The normalized spacial score (nSPS) is 12.1. The number of hydrogen-bond acceptors (Lipinski definition) is 4. The van der Waals surface area contributed by atoms with Crippen molar-refractivity contribution in [1.82, 2.24) is 9.55 Å². The number of anilines is 1. The van der Waals surface area contributed by atoms with Gasteiger partial charge in [0.1, 0.15) is 0 Å². The molecule has 1 aromatic heterocycles. The van der Waals surface area contributed by atoms with Gasteiger partial charge in [0, 0.05) is 5.56 Å². The van der Waals surface area contributed by atoms with Crippen molar-refractivity contribution < 1.29 is 23.1 Å². The monoisotopic (exact) mass is 571 g/mol. The van der Waals surface area contributed by atoms with Crippen LogP contribution in [0.15, 0.2) is 53.3 Å². The number of phenols is 1. The molecular formula is C25H21B3Cl2F3N3O3. The third-order valence-corrected chi connectivity index (χ3v) is 6.74. The van der Waals surface area contributed by atoms with Gasteiger partial charge < -0.3 is 10.4 Å². The number of carbonyl (C=O) groups excluding carboxylic acids is 1. The van der Waals surface area contributed by atoms with Gasteiger partial charge in [-0.25, -0.2) is 4.98 Å². The summed E-state index contributed by atoms with van der Waals surface area (Å²) in [6.45, 7) is 1.37. The van der Waals surface area contributed by atoms with Crippen LogP contribution in [0, 0.1) is 6.92 Å². The lowest BCUT2D eigenvalue weighted by Gasteiger charge is -2.25. The SMILES string of the molecule is BC(B)(B)c1nc2c(C)ccc(NC(=O)c3cc(Cl)c(O)c(Cl)c3)c2c(=O)n1Cc1ccccc1C(F)(F)F. The Morgan fingerprint density at radius 2 is 1.69 bits per heavy atom. The van der Waals surface area contributed by atoms with E-state index in [1.165, 1.54) is 41.0 Å². The molecule has 0 atom stereocenters. The molecule has 4 rings (SSSR count). The molecule has 1 amide bonds. The molecule has 0 bridgehead atoms. The van der Waals surface area contributed by atoms with Gasteiger partial charge in [-0.1, -0.05) is 52.6 Å². The van der Waals surface area contributed by atoms with Crippen LogP contribution in [-0.4, -0.2) is 44.1 Å². The summed E-state index contributed by atoms with van der Waals surface area (Å²) in [5, 5.41) is 11.5. The van der Waals surface area contributed by atoms with Crippen LogP contribution in [-0.2, 0) is 17.8 Å². The van der Waals surface area contributed by atoms with Crippen molar-refractivity contribution in [3.05, 3.63) is 97.0 Å². The highest BCUT2D eigenvalue weighted by Gasteiger charge is 2.34. The molecule has 4 aromatic rings. The number of amides is 1. The number of aromatic hydroxyl groups is 1. The van der Waals surface area contributed by atoms with E-state index in [0.717, 1.165) is 6.07 Å². The zero-order chi connectivity index (χ0) is 28.9. The number of phenolic OH excluding ortho intramolecular Hbond substituents is 1. The van der Waals surface area contributed by atoms with E-state index in [0.29, 0.717) is 16.9 Å². The number of benzene rings is 3. The fourth-order valence-electron chi connectivity index (χ4n) is 4.27. The number of hydrogen-bond donors (Lipinski definition) is 2. The summed E-state index contributed by atoms with van der Waals surface area (Å²) >= 11 is 11.9. The number of alkyl halides is 3. The zero-order valence-corrected chi connectivity index (χ0v) is 22.9. The van der Waals surface area contributed by atoms with Crippen LogP contribution in [0.1, 0.15) is 32.9 Å². The van der Waals surface area contributed by atoms with E-state index in [-0.39, 0.29) is 44.5 Å². The number of nitrogens with one attached hydrogen (secondary N) is 1.